The second-order valence-corrected chi connectivity index (χ2v) is 5.93. The number of ether oxygens (including phenoxy) is 1. The molecule has 0 bridgehead atoms. The van der Waals surface area contributed by atoms with Gasteiger partial charge < -0.3 is 23.0 Å². The van der Waals surface area contributed by atoms with Gasteiger partial charge in [-0.1, -0.05) is 10.8 Å². The van der Waals surface area contributed by atoms with Crippen molar-refractivity contribution < 1.29 is 22.5 Å². The van der Waals surface area contributed by atoms with Crippen LogP contribution in [0.4, 0.5) is 17.7 Å². The lowest BCUT2D eigenvalue weighted by molar-refractivity contribution is 0.0524. The van der Waals surface area contributed by atoms with Crippen molar-refractivity contribution in [3.8, 4) is 0 Å². The number of nitrogens with one attached hydrogen (secondary N) is 1. The first-order valence-electron chi connectivity index (χ1n) is 5.33. The van der Waals surface area contributed by atoms with Crippen LogP contribution in [0, 0.1) is 0 Å². The Balaban J connectivity index is 2.50. The Morgan fingerprint density at radius 1 is 1.39 bits per heavy atom. The highest BCUT2D eigenvalue weighted by molar-refractivity contribution is 7.23. The zero-order valence-electron chi connectivity index (χ0n) is 10.3. The van der Waals surface area contributed by atoms with Crippen molar-refractivity contribution in [2.24, 2.45) is 0 Å². The number of hydrogen-bond acceptors (Lipinski definition) is 3. The van der Waals surface area contributed by atoms with Crippen LogP contribution in [0.1, 0.15) is 25.6 Å². The molecule has 0 saturated heterocycles. The number of hydrogen-bond donors (Lipinski definition) is 1. The van der Waals surface area contributed by atoms with E-state index in [4.69, 9.17) is 4.74 Å². The molecule has 18 heavy (non-hydrogen) atoms. The Hall–Kier alpha value is -1.18. The summed E-state index contributed by atoms with van der Waals surface area (Å²) in [5.41, 5.74) is -0.625. The summed E-state index contributed by atoms with van der Waals surface area (Å²) in [6.07, 6.45) is -0.644. The lowest BCUT2D eigenvalue weighted by Gasteiger charge is -2.19. The Labute approximate surface area is 107 Å². The fraction of sp³-hybridized carbons (Fsp3) is 0.500. The Morgan fingerprint density at radius 2 is 2.00 bits per heavy atom. The lowest BCUT2D eigenvalue weighted by Crippen LogP contribution is -2.32. The van der Waals surface area contributed by atoms with E-state index in [1.54, 1.807) is 20.8 Å². The average Bonchev–Trinajstić information content (AvgIpc) is 2.59. The predicted molar refractivity (Wildman–Crippen MR) is 66.1 cm³/mol. The van der Waals surface area contributed by atoms with Gasteiger partial charge in [0.2, 0.25) is 0 Å². The summed E-state index contributed by atoms with van der Waals surface area (Å²) in [5, 5.41) is 2.41. The van der Waals surface area contributed by atoms with Crippen molar-refractivity contribution in [3.63, 3.8) is 0 Å². The lowest BCUT2D eigenvalue weighted by atomic mass is 9.90. The molecule has 0 aromatic carbocycles. The molecule has 1 heterocycles. The molecule has 8 heteroatoms. The molecule has 0 aliphatic carbocycles. The minimum Gasteiger partial charge on any atom is -0.444 e. The third-order valence-corrected chi connectivity index (χ3v) is 2.99. The van der Waals surface area contributed by atoms with Gasteiger partial charge in [0, 0.05) is 4.88 Å². The summed E-state index contributed by atoms with van der Waals surface area (Å²) in [7, 11) is 0. The molecule has 1 amide bonds. The molecule has 0 aliphatic rings. The standard InChI is InChI=1S/C10H14BF3NO2S/c1-10(2,3)17-9(16)15-6-7-4-5-8(18-7)11(12,13)14/h4-5H,6H2,1-3H3,(H,15,16)/q-1. The van der Waals surface area contributed by atoms with Gasteiger partial charge in [-0.25, -0.2) is 4.79 Å². The first-order valence-corrected chi connectivity index (χ1v) is 6.15. The summed E-state index contributed by atoms with van der Waals surface area (Å²) in [5.74, 6) is 0. The number of alkyl carbamates (subject to hydrolysis) is 1. The zero-order chi connectivity index (χ0) is 14.0. The van der Waals surface area contributed by atoms with Crippen molar-refractivity contribution in [2.75, 3.05) is 0 Å². The van der Waals surface area contributed by atoms with Crippen molar-refractivity contribution in [2.45, 2.75) is 32.9 Å². The van der Waals surface area contributed by atoms with E-state index in [2.05, 4.69) is 5.32 Å². The van der Waals surface area contributed by atoms with E-state index in [9.17, 15) is 17.7 Å². The second kappa shape index (κ2) is 5.21. The first-order chi connectivity index (χ1) is 8.08. The SMILES string of the molecule is CC(C)(C)OC(=O)NCc1ccc([B-](F)(F)F)s1. The molecule has 1 N–H and O–H groups in total. The molecule has 0 atom stereocenters. The van der Waals surface area contributed by atoms with Gasteiger partial charge in [-0.3, -0.25) is 0 Å². The maximum absolute atomic E-state index is 12.4. The molecule has 102 valence electrons. The molecule has 0 saturated carbocycles. The van der Waals surface area contributed by atoms with E-state index in [1.165, 1.54) is 6.07 Å². The highest BCUT2D eigenvalue weighted by Gasteiger charge is 2.27. The van der Waals surface area contributed by atoms with Gasteiger partial charge in [-0.2, -0.15) is 11.3 Å². The van der Waals surface area contributed by atoms with Gasteiger partial charge in [0.1, 0.15) is 5.60 Å². The largest absolute Gasteiger partial charge is 0.519 e. The highest BCUT2D eigenvalue weighted by Crippen LogP contribution is 2.16. The van der Waals surface area contributed by atoms with Crippen molar-refractivity contribution in [1.29, 1.82) is 0 Å². The maximum Gasteiger partial charge on any atom is 0.519 e. The van der Waals surface area contributed by atoms with Crippen LogP contribution in [0.5, 0.6) is 0 Å². The minimum atomic E-state index is -4.97. The number of carbonyl (C=O) groups excluding carboxylic acids is 1. The average molecular weight is 280 g/mol. The molecule has 0 unspecified atom stereocenters. The van der Waals surface area contributed by atoms with Crippen LogP contribution >= 0.6 is 11.3 Å². The maximum atomic E-state index is 12.4. The van der Waals surface area contributed by atoms with E-state index in [-0.39, 0.29) is 6.54 Å². The first kappa shape index (κ1) is 14.9. The zero-order valence-corrected chi connectivity index (χ0v) is 11.1. The summed E-state index contributed by atoms with van der Waals surface area (Å²) in [4.78, 5) is 11.7. The summed E-state index contributed by atoms with van der Waals surface area (Å²) >= 11 is 0.632. The van der Waals surface area contributed by atoms with Crippen molar-refractivity contribution in [3.05, 3.63) is 17.0 Å². The quantitative estimate of drug-likeness (QED) is 0.864. The molecule has 0 aliphatic heterocycles. The number of thiophene rings is 1. The van der Waals surface area contributed by atoms with Crippen LogP contribution in [-0.4, -0.2) is 18.7 Å². The molecule has 0 fully saturated rings. The molecule has 1 rings (SSSR count). The molecule has 1 aromatic heterocycles. The number of rotatable bonds is 3. The van der Waals surface area contributed by atoms with Crippen LogP contribution in [0.3, 0.4) is 0 Å². The molecule has 3 nitrogen and oxygen atoms in total. The molecular weight excluding hydrogens is 266 g/mol. The van der Waals surface area contributed by atoms with Gasteiger partial charge in [-0.05, 0) is 26.8 Å². The van der Waals surface area contributed by atoms with Crippen LogP contribution in [0.15, 0.2) is 12.1 Å². The van der Waals surface area contributed by atoms with Gasteiger partial charge in [-0.15, -0.1) is 0 Å². The van der Waals surface area contributed by atoms with E-state index in [1.807, 2.05) is 0 Å². The van der Waals surface area contributed by atoms with Crippen LogP contribution < -0.4 is 10.1 Å². The summed E-state index contributed by atoms with van der Waals surface area (Å²) in [6.45, 7) is 0.199. The number of carbonyl (C=O) groups is 1. The van der Waals surface area contributed by atoms with E-state index in [0.29, 0.717) is 16.2 Å². The van der Waals surface area contributed by atoms with Crippen LogP contribution in [0.2, 0.25) is 0 Å². The topological polar surface area (TPSA) is 38.3 Å². The molecule has 1 aromatic rings. The number of halogens is 3. The monoisotopic (exact) mass is 280 g/mol. The Morgan fingerprint density at radius 3 is 2.44 bits per heavy atom. The molecular formula is C10H14BF3NO2S-. The minimum absolute atomic E-state index is 0.0335. The summed E-state index contributed by atoms with van der Waals surface area (Å²) < 4.78 is 41.5. The summed E-state index contributed by atoms with van der Waals surface area (Å²) in [6, 6.07) is 2.38. The van der Waals surface area contributed by atoms with Crippen molar-refractivity contribution >= 4 is 29.2 Å². The predicted octanol–water partition coefficient (Wildman–Crippen LogP) is 2.83. The highest BCUT2D eigenvalue weighted by atomic mass is 32.1. The Kier molecular flexibility index (Phi) is 4.31. The van der Waals surface area contributed by atoms with Gasteiger partial charge in [0.05, 0.1) is 6.54 Å². The normalized spacial score (nSPS) is 12.3. The number of amides is 1. The van der Waals surface area contributed by atoms with Crippen LogP contribution in [0.25, 0.3) is 0 Å². The van der Waals surface area contributed by atoms with Gasteiger partial charge >= 0.3 is 13.1 Å². The van der Waals surface area contributed by atoms with Gasteiger partial charge in [0.15, 0.2) is 0 Å². The van der Waals surface area contributed by atoms with E-state index < -0.39 is 23.4 Å². The third kappa shape index (κ3) is 4.99. The van der Waals surface area contributed by atoms with Crippen LogP contribution in [-0.2, 0) is 11.3 Å². The fourth-order valence-electron chi connectivity index (χ4n) is 1.14. The fourth-order valence-corrected chi connectivity index (χ4v) is 1.99. The third-order valence-electron chi connectivity index (χ3n) is 1.81. The van der Waals surface area contributed by atoms with E-state index in [0.717, 1.165) is 6.07 Å². The van der Waals surface area contributed by atoms with E-state index >= 15 is 0 Å². The Bertz CT molecular complexity index is 425. The second-order valence-electron chi connectivity index (χ2n) is 4.73. The molecule has 0 radical (unpaired) electrons. The molecule has 0 spiro atoms. The van der Waals surface area contributed by atoms with Crippen molar-refractivity contribution in [1.82, 2.24) is 5.32 Å². The van der Waals surface area contributed by atoms with Gasteiger partial charge in [0.25, 0.3) is 0 Å². The smallest absolute Gasteiger partial charge is 0.444 e.